The number of hydrogen-bond donors (Lipinski definition) is 1. The maximum atomic E-state index is 13.2. The largest absolute Gasteiger partial charge is 0.507 e. The highest BCUT2D eigenvalue weighted by Crippen LogP contribution is 2.43. The summed E-state index contributed by atoms with van der Waals surface area (Å²) in [6, 6.07) is 12.6. The van der Waals surface area contributed by atoms with Crippen LogP contribution in [-0.4, -0.2) is 28.9 Å². The van der Waals surface area contributed by atoms with Gasteiger partial charge in [0, 0.05) is 17.4 Å². The zero-order chi connectivity index (χ0) is 23.9. The molecule has 1 fully saturated rings. The van der Waals surface area contributed by atoms with Gasteiger partial charge in [0.1, 0.15) is 11.8 Å². The number of Topliss-reactive ketones (excluding diaryl/α,β-unsaturated/α-hetero) is 1. The van der Waals surface area contributed by atoms with Crippen LogP contribution in [-0.2, 0) is 9.59 Å². The van der Waals surface area contributed by atoms with Gasteiger partial charge in [0.05, 0.1) is 28.4 Å². The molecule has 2 heterocycles. The first-order chi connectivity index (χ1) is 15.7. The smallest absolute Gasteiger partial charge is 0.300 e. The molecule has 1 aromatic heterocycles. The average molecular weight is 483 g/mol. The number of rotatable bonds is 4. The fourth-order valence-electron chi connectivity index (χ4n) is 3.84. The van der Waals surface area contributed by atoms with Crippen LogP contribution < -0.4 is 9.64 Å². The molecule has 4 rings (SSSR count). The van der Waals surface area contributed by atoms with Crippen LogP contribution in [0.1, 0.15) is 28.4 Å². The van der Waals surface area contributed by atoms with Crippen molar-refractivity contribution in [3.63, 3.8) is 0 Å². The lowest BCUT2D eigenvalue weighted by atomic mass is 9.98. The number of aryl methyl sites for hydroxylation is 2. The zero-order valence-electron chi connectivity index (χ0n) is 18.1. The van der Waals surface area contributed by atoms with Crippen molar-refractivity contribution in [1.82, 2.24) is 4.98 Å². The van der Waals surface area contributed by atoms with Crippen molar-refractivity contribution in [3.8, 4) is 5.75 Å². The van der Waals surface area contributed by atoms with Crippen LogP contribution in [0.15, 0.2) is 60.3 Å². The van der Waals surface area contributed by atoms with Gasteiger partial charge >= 0.3 is 0 Å². The predicted octanol–water partition coefficient (Wildman–Crippen LogP) is 5.64. The molecule has 1 unspecified atom stereocenters. The van der Waals surface area contributed by atoms with Gasteiger partial charge in [-0.3, -0.25) is 19.5 Å². The van der Waals surface area contributed by atoms with E-state index < -0.39 is 23.5 Å². The third kappa shape index (κ3) is 3.96. The molecular weight excluding hydrogens is 463 g/mol. The van der Waals surface area contributed by atoms with Gasteiger partial charge in [-0.15, -0.1) is 0 Å². The lowest BCUT2D eigenvalue weighted by Crippen LogP contribution is -2.29. The number of hydrogen-bond acceptors (Lipinski definition) is 5. The number of anilines is 1. The van der Waals surface area contributed by atoms with E-state index in [1.807, 2.05) is 26.0 Å². The van der Waals surface area contributed by atoms with Gasteiger partial charge in [-0.2, -0.15) is 0 Å². The summed E-state index contributed by atoms with van der Waals surface area (Å²) in [4.78, 5) is 32.1. The molecule has 0 saturated carbocycles. The molecule has 0 radical (unpaired) electrons. The minimum Gasteiger partial charge on any atom is -0.507 e. The number of amides is 1. The summed E-state index contributed by atoms with van der Waals surface area (Å²) in [5.74, 6) is -1.75. The van der Waals surface area contributed by atoms with Gasteiger partial charge in [-0.25, -0.2) is 0 Å². The van der Waals surface area contributed by atoms with E-state index in [-0.39, 0.29) is 26.9 Å². The molecule has 6 nitrogen and oxygen atoms in total. The molecule has 2 aromatic carbocycles. The third-order valence-corrected chi connectivity index (χ3v) is 6.22. The summed E-state index contributed by atoms with van der Waals surface area (Å²) < 4.78 is 5.16. The Kier molecular flexibility index (Phi) is 6.15. The fraction of sp³-hybridized carbons (Fsp3) is 0.160. The number of pyridine rings is 1. The number of ether oxygens (including phenoxy) is 1. The van der Waals surface area contributed by atoms with Crippen LogP contribution in [0.2, 0.25) is 10.0 Å². The molecular formula is C25H20Cl2N2O4. The highest BCUT2D eigenvalue weighted by Gasteiger charge is 2.47. The van der Waals surface area contributed by atoms with Gasteiger partial charge in [0.2, 0.25) is 0 Å². The van der Waals surface area contributed by atoms with Crippen molar-refractivity contribution in [2.24, 2.45) is 0 Å². The molecule has 1 amide bonds. The zero-order valence-corrected chi connectivity index (χ0v) is 19.6. The molecule has 0 aliphatic carbocycles. The number of carbonyl (C=O) groups excluding carboxylic acids is 2. The van der Waals surface area contributed by atoms with Gasteiger partial charge in [-0.1, -0.05) is 35.3 Å². The van der Waals surface area contributed by atoms with Crippen molar-refractivity contribution >= 4 is 46.3 Å². The number of nitrogens with zero attached hydrogens (tertiary/aromatic N) is 2. The number of aliphatic hydroxyl groups is 1. The minimum atomic E-state index is -0.937. The van der Waals surface area contributed by atoms with E-state index in [2.05, 4.69) is 4.98 Å². The predicted molar refractivity (Wildman–Crippen MR) is 128 cm³/mol. The average Bonchev–Trinajstić information content (AvgIpc) is 3.06. The molecule has 1 atom stereocenters. The number of aliphatic hydroxyl groups excluding tert-OH is 1. The topological polar surface area (TPSA) is 79.7 Å². The first kappa shape index (κ1) is 22.8. The highest BCUT2D eigenvalue weighted by molar-refractivity contribution is 6.51. The molecule has 0 spiro atoms. The lowest BCUT2D eigenvalue weighted by Gasteiger charge is -2.25. The molecule has 8 heteroatoms. The summed E-state index contributed by atoms with van der Waals surface area (Å²) >= 11 is 12.5. The number of methoxy groups -OCH3 is 1. The second-order valence-corrected chi connectivity index (χ2v) is 8.48. The first-order valence-corrected chi connectivity index (χ1v) is 10.8. The van der Waals surface area contributed by atoms with E-state index in [0.29, 0.717) is 11.4 Å². The molecule has 168 valence electrons. The number of benzene rings is 2. The Bertz CT molecular complexity index is 1280. The second kappa shape index (κ2) is 8.89. The summed E-state index contributed by atoms with van der Waals surface area (Å²) in [6.45, 7) is 3.88. The monoisotopic (exact) mass is 482 g/mol. The van der Waals surface area contributed by atoms with E-state index in [4.69, 9.17) is 27.9 Å². The molecule has 33 heavy (non-hydrogen) atoms. The van der Waals surface area contributed by atoms with E-state index in [1.54, 1.807) is 30.5 Å². The molecule has 0 bridgehead atoms. The molecule has 1 aliphatic heterocycles. The molecule has 1 N–H and O–H groups in total. The summed E-state index contributed by atoms with van der Waals surface area (Å²) in [7, 11) is 1.42. The van der Waals surface area contributed by atoms with Gasteiger partial charge < -0.3 is 9.84 Å². The summed E-state index contributed by atoms with van der Waals surface area (Å²) in [6.07, 6.45) is 1.57. The fourth-order valence-corrected chi connectivity index (χ4v) is 4.48. The van der Waals surface area contributed by atoms with Gasteiger partial charge in [0.15, 0.2) is 5.75 Å². The minimum absolute atomic E-state index is 0.103. The van der Waals surface area contributed by atoms with Crippen molar-refractivity contribution in [2.75, 3.05) is 12.0 Å². The Balaban J connectivity index is 1.96. The summed E-state index contributed by atoms with van der Waals surface area (Å²) in [5.41, 5.74) is 3.05. The maximum Gasteiger partial charge on any atom is 0.300 e. The van der Waals surface area contributed by atoms with Gasteiger partial charge in [0.25, 0.3) is 11.7 Å². The third-order valence-electron chi connectivity index (χ3n) is 5.66. The second-order valence-electron chi connectivity index (χ2n) is 7.67. The van der Waals surface area contributed by atoms with Crippen LogP contribution in [0, 0.1) is 13.8 Å². The first-order valence-electron chi connectivity index (χ1n) is 10.1. The Labute approximate surface area is 201 Å². The van der Waals surface area contributed by atoms with Crippen LogP contribution in [0.25, 0.3) is 5.76 Å². The molecule has 1 aliphatic rings. The number of ketones is 1. The van der Waals surface area contributed by atoms with E-state index in [1.165, 1.54) is 24.1 Å². The van der Waals surface area contributed by atoms with E-state index in [9.17, 15) is 14.7 Å². The van der Waals surface area contributed by atoms with Crippen molar-refractivity contribution in [3.05, 3.63) is 92.7 Å². The van der Waals surface area contributed by atoms with Crippen molar-refractivity contribution < 1.29 is 19.4 Å². The summed E-state index contributed by atoms with van der Waals surface area (Å²) in [5, 5.41) is 11.5. The van der Waals surface area contributed by atoms with Crippen LogP contribution >= 0.6 is 23.2 Å². The number of aromatic nitrogens is 1. The maximum absolute atomic E-state index is 13.2. The molecule has 1 saturated heterocycles. The Morgan fingerprint density at radius 3 is 2.30 bits per heavy atom. The SMILES string of the molecule is COc1c(Cl)cc(/C(O)=C2\C(=O)C(=O)N(c3ccc(C)c(C)c3)C2c2ccccn2)cc1Cl. The lowest BCUT2D eigenvalue weighted by molar-refractivity contribution is -0.132. The van der Waals surface area contributed by atoms with Gasteiger partial charge in [-0.05, 0) is 61.4 Å². The Hall–Kier alpha value is -3.35. The van der Waals surface area contributed by atoms with E-state index in [0.717, 1.165) is 11.1 Å². The standard InChI is InChI=1S/C25H20Cl2N2O4/c1-13-7-8-16(10-14(13)2)29-21(19-6-4-5-9-28-19)20(23(31)25(29)32)22(30)15-11-17(26)24(33-3)18(27)12-15/h4-12,21,30H,1-3H3/b22-20+. The molecule has 3 aromatic rings. The Morgan fingerprint density at radius 2 is 1.73 bits per heavy atom. The van der Waals surface area contributed by atoms with Crippen LogP contribution in [0.4, 0.5) is 5.69 Å². The van der Waals surface area contributed by atoms with E-state index >= 15 is 0 Å². The Morgan fingerprint density at radius 1 is 1.03 bits per heavy atom. The quantitative estimate of drug-likeness (QED) is 0.295. The normalized spacial score (nSPS) is 17.5. The van der Waals surface area contributed by atoms with Crippen LogP contribution in [0.5, 0.6) is 5.75 Å². The number of halogens is 2. The van der Waals surface area contributed by atoms with Crippen LogP contribution in [0.3, 0.4) is 0 Å². The van der Waals surface area contributed by atoms with Crippen molar-refractivity contribution in [1.29, 1.82) is 0 Å². The van der Waals surface area contributed by atoms with Crippen molar-refractivity contribution in [2.45, 2.75) is 19.9 Å². The highest BCUT2D eigenvalue weighted by atomic mass is 35.5. The number of carbonyl (C=O) groups is 2.